The quantitative estimate of drug-likeness (QED) is 0.257. The predicted octanol–water partition coefficient (Wildman–Crippen LogP) is 2.76. The zero-order valence-corrected chi connectivity index (χ0v) is 17.1. The van der Waals surface area contributed by atoms with E-state index in [1.165, 1.54) is 4.90 Å². The smallest absolute Gasteiger partial charge is 0.191 e. The summed E-state index contributed by atoms with van der Waals surface area (Å²) in [5, 5.41) is 11.4. The van der Waals surface area contributed by atoms with Gasteiger partial charge in [0, 0.05) is 42.6 Å². The molecule has 0 saturated heterocycles. The van der Waals surface area contributed by atoms with Gasteiger partial charge in [-0.25, -0.2) is 9.67 Å². The van der Waals surface area contributed by atoms with Gasteiger partial charge in [0.2, 0.25) is 0 Å². The van der Waals surface area contributed by atoms with Crippen LogP contribution in [0.15, 0.2) is 69.4 Å². The van der Waals surface area contributed by atoms with Crippen LogP contribution in [0.2, 0.25) is 0 Å². The summed E-state index contributed by atoms with van der Waals surface area (Å²) in [6.45, 7) is 2.33. The van der Waals surface area contributed by atoms with E-state index in [-0.39, 0.29) is 0 Å². The lowest BCUT2D eigenvalue weighted by Crippen LogP contribution is -2.47. The van der Waals surface area contributed by atoms with Gasteiger partial charge in [-0.3, -0.25) is 4.99 Å². The number of hydrogen-bond donors (Lipinski definition) is 2. The number of rotatable bonds is 8. The molecule has 3 aromatic rings. The van der Waals surface area contributed by atoms with Gasteiger partial charge in [0.25, 0.3) is 0 Å². The second-order valence-electron chi connectivity index (χ2n) is 6.89. The van der Waals surface area contributed by atoms with Crippen LogP contribution in [0.1, 0.15) is 18.0 Å². The molecule has 0 aliphatic carbocycles. The Balaban J connectivity index is 1.30. The van der Waals surface area contributed by atoms with Gasteiger partial charge in [0.1, 0.15) is 17.9 Å². The number of nitrogens with zero attached hydrogens (tertiary/aromatic N) is 4. The molecule has 0 bridgehead atoms. The van der Waals surface area contributed by atoms with Crippen LogP contribution in [-0.2, 0) is 19.4 Å². The SMILES string of the molecule is c1ccc(SCCNC(=NCCc2ccco2)NC2CCc3ncnn3C2)cc1. The van der Waals surface area contributed by atoms with Crippen LogP contribution in [0.25, 0.3) is 0 Å². The van der Waals surface area contributed by atoms with E-state index in [1.807, 2.05) is 34.6 Å². The highest BCUT2D eigenvalue weighted by Gasteiger charge is 2.20. The molecule has 2 N–H and O–H groups in total. The molecule has 3 heterocycles. The molecule has 29 heavy (non-hydrogen) atoms. The van der Waals surface area contributed by atoms with E-state index in [2.05, 4.69) is 45.0 Å². The van der Waals surface area contributed by atoms with Gasteiger partial charge >= 0.3 is 0 Å². The fourth-order valence-corrected chi connectivity index (χ4v) is 4.08. The van der Waals surface area contributed by atoms with Crippen molar-refractivity contribution in [3.05, 3.63) is 66.6 Å². The van der Waals surface area contributed by atoms with Crippen molar-refractivity contribution in [2.75, 3.05) is 18.8 Å². The Bertz CT molecular complexity index is 893. The first-order valence-corrected chi connectivity index (χ1v) is 11.0. The van der Waals surface area contributed by atoms with E-state index in [0.29, 0.717) is 12.6 Å². The van der Waals surface area contributed by atoms with E-state index in [4.69, 9.17) is 9.41 Å². The number of aromatic nitrogens is 3. The molecule has 4 rings (SSSR count). The van der Waals surface area contributed by atoms with Crippen molar-refractivity contribution in [1.82, 2.24) is 25.4 Å². The zero-order valence-electron chi connectivity index (χ0n) is 16.3. The van der Waals surface area contributed by atoms with Crippen molar-refractivity contribution in [2.24, 2.45) is 4.99 Å². The Morgan fingerprint density at radius 2 is 2.17 bits per heavy atom. The summed E-state index contributed by atoms with van der Waals surface area (Å²) >= 11 is 1.84. The minimum absolute atomic E-state index is 0.292. The maximum atomic E-state index is 5.41. The van der Waals surface area contributed by atoms with Gasteiger partial charge in [0.05, 0.1) is 12.8 Å². The van der Waals surface area contributed by atoms with Crippen LogP contribution in [0.4, 0.5) is 0 Å². The van der Waals surface area contributed by atoms with Crippen LogP contribution in [0.3, 0.4) is 0 Å². The molecular formula is C21H26N6OS. The standard InChI is InChI=1S/C21H26N6OS/c1-2-6-19(7-3-1)29-14-12-23-21(22-11-10-18-5-4-13-28-18)26-17-8-9-20-24-16-25-27(20)15-17/h1-7,13,16-17H,8-12,14-15H2,(H2,22,23,26). The van der Waals surface area contributed by atoms with Crippen molar-refractivity contribution in [2.45, 2.75) is 36.7 Å². The summed E-state index contributed by atoms with van der Waals surface area (Å²) in [4.78, 5) is 10.3. The molecule has 7 nitrogen and oxygen atoms in total. The third kappa shape index (κ3) is 5.87. The van der Waals surface area contributed by atoms with Gasteiger partial charge in [0.15, 0.2) is 5.96 Å². The normalized spacial score (nSPS) is 16.4. The van der Waals surface area contributed by atoms with Crippen molar-refractivity contribution in [1.29, 1.82) is 0 Å². The van der Waals surface area contributed by atoms with E-state index in [0.717, 1.165) is 55.6 Å². The minimum Gasteiger partial charge on any atom is -0.469 e. The van der Waals surface area contributed by atoms with Crippen LogP contribution in [0, 0.1) is 0 Å². The first-order chi connectivity index (χ1) is 14.4. The number of hydrogen-bond acceptors (Lipinski definition) is 5. The molecule has 1 aliphatic rings. The van der Waals surface area contributed by atoms with E-state index in [9.17, 15) is 0 Å². The first-order valence-electron chi connectivity index (χ1n) is 9.98. The van der Waals surface area contributed by atoms with Gasteiger partial charge < -0.3 is 15.1 Å². The van der Waals surface area contributed by atoms with E-state index >= 15 is 0 Å². The van der Waals surface area contributed by atoms with E-state index < -0.39 is 0 Å². The number of benzene rings is 1. The molecule has 1 aliphatic heterocycles. The number of thioether (sulfide) groups is 1. The fraction of sp³-hybridized carbons (Fsp3) is 0.381. The van der Waals surface area contributed by atoms with Gasteiger partial charge in [-0.15, -0.1) is 11.8 Å². The lowest BCUT2D eigenvalue weighted by Gasteiger charge is -2.25. The Morgan fingerprint density at radius 1 is 1.24 bits per heavy atom. The molecule has 152 valence electrons. The summed E-state index contributed by atoms with van der Waals surface area (Å²) in [6, 6.07) is 14.6. The highest BCUT2D eigenvalue weighted by molar-refractivity contribution is 7.99. The van der Waals surface area contributed by atoms with Crippen LogP contribution in [-0.4, -0.2) is 45.6 Å². The molecule has 0 amide bonds. The maximum Gasteiger partial charge on any atom is 0.191 e. The van der Waals surface area contributed by atoms with Gasteiger partial charge in [-0.05, 0) is 30.7 Å². The Morgan fingerprint density at radius 3 is 3.03 bits per heavy atom. The zero-order chi connectivity index (χ0) is 19.7. The Hall–Kier alpha value is -2.74. The summed E-state index contributed by atoms with van der Waals surface area (Å²) in [7, 11) is 0. The Kier molecular flexibility index (Phi) is 6.85. The second-order valence-corrected chi connectivity index (χ2v) is 8.05. The molecule has 1 aromatic carbocycles. The molecule has 0 spiro atoms. The maximum absolute atomic E-state index is 5.41. The van der Waals surface area contributed by atoms with Crippen molar-refractivity contribution in [3.8, 4) is 0 Å². The summed E-state index contributed by atoms with van der Waals surface area (Å²) in [5.74, 6) is 3.84. The highest BCUT2D eigenvalue weighted by Crippen LogP contribution is 2.16. The molecule has 1 atom stereocenters. The van der Waals surface area contributed by atoms with Crippen molar-refractivity contribution >= 4 is 17.7 Å². The average molecular weight is 411 g/mol. The number of nitrogens with one attached hydrogen (secondary N) is 2. The number of guanidine groups is 1. The third-order valence-corrected chi connectivity index (χ3v) is 5.77. The number of fused-ring (bicyclic) bond motifs is 1. The minimum atomic E-state index is 0.292. The lowest BCUT2D eigenvalue weighted by atomic mass is 10.1. The molecule has 8 heteroatoms. The van der Waals surface area contributed by atoms with E-state index in [1.54, 1.807) is 12.6 Å². The highest BCUT2D eigenvalue weighted by atomic mass is 32.2. The summed E-state index contributed by atoms with van der Waals surface area (Å²) in [5.41, 5.74) is 0. The number of aryl methyl sites for hydroxylation is 1. The summed E-state index contributed by atoms with van der Waals surface area (Å²) < 4.78 is 7.39. The number of furan rings is 1. The molecule has 0 fully saturated rings. The largest absolute Gasteiger partial charge is 0.469 e. The topological polar surface area (TPSA) is 80.3 Å². The summed E-state index contributed by atoms with van der Waals surface area (Å²) in [6.07, 6.45) is 6.08. The van der Waals surface area contributed by atoms with Crippen LogP contribution >= 0.6 is 11.8 Å². The molecular weight excluding hydrogens is 384 g/mol. The monoisotopic (exact) mass is 410 g/mol. The van der Waals surface area contributed by atoms with Crippen molar-refractivity contribution < 1.29 is 4.42 Å². The van der Waals surface area contributed by atoms with Crippen molar-refractivity contribution in [3.63, 3.8) is 0 Å². The third-order valence-electron chi connectivity index (χ3n) is 4.76. The molecule has 0 radical (unpaired) electrons. The van der Waals surface area contributed by atoms with Gasteiger partial charge in [-0.1, -0.05) is 18.2 Å². The number of aliphatic imine (C=N–C) groups is 1. The lowest BCUT2D eigenvalue weighted by molar-refractivity contribution is 0.392. The fourth-order valence-electron chi connectivity index (χ4n) is 3.29. The molecule has 1 unspecified atom stereocenters. The van der Waals surface area contributed by atoms with Crippen LogP contribution < -0.4 is 10.6 Å². The molecule has 0 saturated carbocycles. The predicted molar refractivity (Wildman–Crippen MR) is 115 cm³/mol. The molecule has 2 aromatic heterocycles. The second kappa shape index (κ2) is 10.2. The average Bonchev–Trinajstić information content (AvgIpc) is 3.43. The van der Waals surface area contributed by atoms with Crippen LogP contribution in [0.5, 0.6) is 0 Å². The van der Waals surface area contributed by atoms with Gasteiger partial charge in [-0.2, -0.15) is 5.10 Å². The first kappa shape index (κ1) is 19.6. The Labute approximate surface area is 175 Å².